The number of ether oxygens (including phenoxy) is 4. The van der Waals surface area contributed by atoms with E-state index in [1.54, 1.807) is 19.1 Å². The van der Waals surface area contributed by atoms with Crippen LogP contribution in [-0.2, 0) is 11.3 Å². The van der Waals surface area contributed by atoms with Gasteiger partial charge in [0.25, 0.3) is 5.91 Å². The van der Waals surface area contributed by atoms with Gasteiger partial charge in [-0.1, -0.05) is 18.2 Å². The second kappa shape index (κ2) is 10.2. The Morgan fingerprint density at radius 3 is 2.59 bits per heavy atom. The summed E-state index contributed by atoms with van der Waals surface area (Å²) in [7, 11) is 3.21. The van der Waals surface area contributed by atoms with Crippen LogP contribution < -0.4 is 14.2 Å². The van der Waals surface area contributed by atoms with Crippen molar-refractivity contribution < 1.29 is 23.7 Å². The molecule has 2 aromatic carbocycles. The third-order valence-electron chi connectivity index (χ3n) is 5.06. The lowest BCUT2D eigenvalue weighted by Crippen LogP contribution is -2.31. The van der Waals surface area contributed by atoms with Gasteiger partial charge in [-0.15, -0.1) is 0 Å². The van der Waals surface area contributed by atoms with Crippen molar-refractivity contribution in [3.63, 3.8) is 0 Å². The maximum Gasteiger partial charge on any atom is 0.257 e. The average molecular weight is 399 g/mol. The number of nitrogens with zero attached hydrogens (tertiary/aromatic N) is 1. The van der Waals surface area contributed by atoms with E-state index in [0.717, 1.165) is 25.0 Å². The van der Waals surface area contributed by atoms with Gasteiger partial charge in [-0.3, -0.25) is 4.79 Å². The van der Waals surface area contributed by atoms with E-state index in [9.17, 15) is 4.79 Å². The Morgan fingerprint density at radius 1 is 1.10 bits per heavy atom. The molecule has 0 aromatic heterocycles. The van der Waals surface area contributed by atoms with Gasteiger partial charge in [-0.05, 0) is 49.6 Å². The first-order chi connectivity index (χ1) is 14.2. The van der Waals surface area contributed by atoms with Crippen LogP contribution in [0.2, 0.25) is 0 Å². The molecule has 2 aromatic rings. The fourth-order valence-electron chi connectivity index (χ4n) is 3.42. The number of amides is 1. The smallest absolute Gasteiger partial charge is 0.257 e. The number of methoxy groups -OCH3 is 2. The third-order valence-corrected chi connectivity index (χ3v) is 5.06. The highest BCUT2D eigenvalue weighted by Gasteiger charge is 2.21. The lowest BCUT2D eigenvalue weighted by atomic mass is 10.1. The van der Waals surface area contributed by atoms with Crippen molar-refractivity contribution in [2.45, 2.75) is 32.4 Å². The van der Waals surface area contributed by atoms with Crippen LogP contribution in [0, 0.1) is 0 Å². The number of hydrogen-bond acceptors (Lipinski definition) is 5. The van der Waals surface area contributed by atoms with E-state index in [4.69, 9.17) is 18.9 Å². The van der Waals surface area contributed by atoms with Crippen LogP contribution in [0.15, 0.2) is 42.5 Å². The number of para-hydroxylation sites is 1. The fourth-order valence-corrected chi connectivity index (χ4v) is 3.42. The van der Waals surface area contributed by atoms with Crippen molar-refractivity contribution in [3.8, 4) is 17.2 Å². The molecule has 29 heavy (non-hydrogen) atoms. The average Bonchev–Trinajstić information content (AvgIpc) is 3.29. The van der Waals surface area contributed by atoms with E-state index in [2.05, 4.69) is 0 Å². The number of carbonyl (C=O) groups is 1. The van der Waals surface area contributed by atoms with Crippen molar-refractivity contribution in [3.05, 3.63) is 53.6 Å². The van der Waals surface area contributed by atoms with Crippen LogP contribution in [0.4, 0.5) is 0 Å². The molecule has 0 spiro atoms. The summed E-state index contributed by atoms with van der Waals surface area (Å²) in [5, 5.41) is 0. The molecule has 1 aliphatic rings. The molecule has 0 saturated carbocycles. The van der Waals surface area contributed by atoms with Gasteiger partial charge in [-0.2, -0.15) is 0 Å². The summed E-state index contributed by atoms with van der Waals surface area (Å²) in [4.78, 5) is 15.0. The van der Waals surface area contributed by atoms with E-state index in [0.29, 0.717) is 42.5 Å². The first-order valence-corrected chi connectivity index (χ1v) is 9.99. The number of benzene rings is 2. The molecule has 0 aliphatic carbocycles. The van der Waals surface area contributed by atoms with Crippen LogP contribution in [-0.4, -0.2) is 50.9 Å². The van der Waals surface area contributed by atoms with Crippen LogP contribution in [0.3, 0.4) is 0 Å². The molecule has 0 radical (unpaired) electrons. The number of hydrogen-bond donors (Lipinski definition) is 0. The first-order valence-electron chi connectivity index (χ1n) is 9.99. The maximum absolute atomic E-state index is 13.2. The zero-order valence-electron chi connectivity index (χ0n) is 17.3. The Kier molecular flexibility index (Phi) is 7.36. The second-order valence-electron chi connectivity index (χ2n) is 6.95. The van der Waals surface area contributed by atoms with Crippen LogP contribution in [0.25, 0.3) is 0 Å². The summed E-state index contributed by atoms with van der Waals surface area (Å²) >= 11 is 0. The highest BCUT2D eigenvalue weighted by atomic mass is 16.5. The Bertz CT molecular complexity index is 817. The Labute approximate surface area is 172 Å². The molecule has 1 saturated heterocycles. The minimum atomic E-state index is -0.0646. The summed E-state index contributed by atoms with van der Waals surface area (Å²) < 4.78 is 22.2. The predicted molar refractivity (Wildman–Crippen MR) is 111 cm³/mol. The molecular formula is C23H29NO5. The Morgan fingerprint density at radius 2 is 1.90 bits per heavy atom. The molecule has 0 bridgehead atoms. The lowest BCUT2D eigenvalue weighted by molar-refractivity contribution is 0.0650. The minimum absolute atomic E-state index is 0.0646. The minimum Gasteiger partial charge on any atom is -0.493 e. The van der Waals surface area contributed by atoms with Gasteiger partial charge in [-0.25, -0.2) is 0 Å². The van der Waals surface area contributed by atoms with E-state index < -0.39 is 0 Å². The van der Waals surface area contributed by atoms with Crippen LogP contribution in [0.1, 0.15) is 35.7 Å². The molecule has 3 rings (SSSR count). The van der Waals surface area contributed by atoms with E-state index in [1.165, 1.54) is 0 Å². The first kappa shape index (κ1) is 21.0. The SMILES string of the molecule is CCN(Cc1ccc(OC)c(OC)c1)C(=O)c1ccccc1OCC1CCCO1. The summed E-state index contributed by atoms with van der Waals surface area (Å²) in [5.41, 5.74) is 1.53. The van der Waals surface area contributed by atoms with Gasteiger partial charge in [0.15, 0.2) is 11.5 Å². The zero-order valence-corrected chi connectivity index (χ0v) is 17.3. The summed E-state index contributed by atoms with van der Waals surface area (Å²) in [5.74, 6) is 1.84. The molecular weight excluding hydrogens is 370 g/mol. The topological polar surface area (TPSA) is 57.2 Å². The lowest BCUT2D eigenvalue weighted by Gasteiger charge is -2.23. The van der Waals surface area contributed by atoms with Gasteiger partial charge in [0.05, 0.1) is 25.9 Å². The van der Waals surface area contributed by atoms with Gasteiger partial charge in [0, 0.05) is 19.7 Å². The molecule has 1 fully saturated rings. The number of rotatable bonds is 9. The molecule has 1 heterocycles. The van der Waals surface area contributed by atoms with Crippen LogP contribution in [0.5, 0.6) is 17.2 Å². The molecule has 1 unspecified atom stereocenters. The molecule has 156 valence electrons. The highest BCUT2D eigenvalue weighted by molar-refractivity contribution is 5.96. The van der Waals surface area contributed by atoms with Crippen molar-refractivity contribution in [1.29, 1.82) is 0 Å². The van der Waals surface area contributed by atoms with E-state index in [-0.39, 0.29) is 12.0 Å². The molecule has 1 atom stereocenters. The van der Waals surface area contributed by atoms with Crippen molar-refractivity contribution >= 4 is 5.91 Å². The quantitative estimate of drug-likeness (QED) is 0.640. The maximum atomic E-state index is 13.2. The standard InChI is InChI=1S/C23H29NO5/c1-4-24(15-17-11-12-21(26-2)22(14-17)27-3)23(25)19-9-5-6-10-20(19)29-16-18-8-7-13-28-18/h5-6,9-12,14,18H,4,7-8,13,15-16H2,1-3H3. The summed E-state index contributed by atoms with van der Waals surface area (Å²) in [6, 6.07) is 13.1. The fraction of sp³-hybridized carbons (Fsp3) is 0.435. The monoisotopic (exact) mass is 399 g/mol. The summed E-state index contributed by atoms with van der Waals surface area (Å²) in [6.45, 7) is 4.26. The second-order valence-corrected chi connectivity index (χ2v) is 6.95. The van der Waals surface area contributed by atoms with E-state index in [1.807, 2.05) is 49.4 Å². The molecule has 1 aliphatic heterocycles. The van der Waals surface area contributed by atoms with Gasteiger partial charge in [0.1, 0.15) is 12.4 Å². The van der Waals surface area contributed by atoms with Crippen molar-refractivity contribution in [2.75, 3.05) is 34.0 Å². The van der Waals surface area contributed by atoms with Crippen molar-refractivity contribution in [2.24, 2.45) is 0 Å². The molecule has 1 amide bonds. The number of carbonyl (C=O) groups excluding carboxylic acids is 1. The largest absolute Gasteiger partial charge is 0.493 e. The Balaban J connectivity index is 1.74. The predicted octanol–water partition coefficient (Wildman–Crippen LogP) is 3.92. The highest BCUT2D eigenvalue weighted by Crippen LogP contribution is 2.29. The third kappa shape index (κ3) is 5.21. The van der Waals surface area contributed by atoms with Gasteiger partial charge in [0.2, 0.25) is 0 Å². The van der Waals surface area contributed by atoms with Crippen molar-refractivity contribution in [1.82, 2.24) is 4.90 Å². The summed E-state index contributed by atoms with van der Waals surface area (Å²) in [6.07, 6.45) is 2.16. The van der Waals surface area contributed by atoms with Gasteiger partial charge < -0.3 is 23.8 Å². The van der Waals surface area contributed by atoms with Crippen LogP contribution >= 0.6 is 0 Å². The van der Waals surface area contributed by atoms with E-state index >= 15 is 0 Å². The molecule has 6 heteroatoms. The van der Waals surface area contributed by atoms with Gasteiger partial charge >= 0.3 is 0 Å². The molecule has 6 nitrogen and oxygen atoms in total. The normalized spacial score (nSPS) is 15.8. The zero-order chi connectivity index (χ0) is 20.6. The Hall–Kier alpha value is -2.73. The molecule has 0 N–H and O–H groups in total.